The van der Waals surface area contributed by atoms with Gasteiger partial charge < -0.3 is 9.80 Å². The predicted molar refractivity (Wildman–Crippen MR) is 117 cm³/mol. The van der Waals surface area contributed by atoms with Gasteiger partial charge in [0, 0.05) is 37.6 Å². The molecule has 0 amide bonds. The zero-order valence-corrected chi connectivity index (χ0v) is 17.1. The molecule has 1 saturated heterocycles. The Morgan fingerprint density at radius 2 is 1.37 bits per heavy atom. The molecule has 0 atom stereocenters. The van der Waals surface area contributed by atoms with E-state index in [1.54, 1.807) is 0 Å². The Hall–Kier alpha value is -3.48. The number of hydrogen-bond acceptors (Lipinski definition) is 5. The first-order chi connectivity index (χ1) is 14.6. The molecule has 0 spiro atoms. The zero-order valence-electron chi connectivity index (χ0n) is 17.1. The van der Waals surface area contributed by atoms with E-state index in [4.69, 9.17) is 9.97 Å². The van der Waals surface area contributed by atoms with Gasteiger partial charge in [0.15, 0.2) is 11.6 Å². The van der Waals surface area contributed by atoms with Crippen molar-refractivity contribution in [3.05, 3.63) is 71.8 Å². The number of anilines is 2. The van der Waals surface area contributed by atoms with Gasteiger partial charge >= 0.3 is 0 Å². The maximum absolute atomic E-state index is 13.3. The molecule has 6 nitrogen and oxygen atoms in total. The summed E-state index contributed by atoms with van der Waals surface area (Å²) in [6.07, 6.45) is 0. The van der Waals surface area contributed by atoms with Crippen LogP contribution in [0.4, 0.5) is 15.9 Å². The standard InChI is InChI=1S/C23H23FN6/c1-16-15-17(2)30(27-16)23-22(25-20-5-3-4-6-21(20)26-23)29-13-11-28(12-14-29)19-9-7-18(24)8-10-19/h3-10,15H,11-14H2,1-2H3. The van der Waals surface area contributed by atoms with Crippen LogP contribution in [-0.4, -0.2) is 45.9 Å². The molecule has 7 heteroatoms. The SMILES string of the molecule is Cc1cc(C)n(-c2nc3ccccc3nc2N2CCN(c3ccc(F)cc3)CC2)n1. The molecule has 2 aromatic carbocycles. The molecule has 152 valence electrons. The lowest BCUT2D eigenvalue weighted by atomic mass is 10.2. The number of fused-ring (bicyclic) bond motifs is 1. The molecule has 30 heavy (non-hydrogen) atoms. The average molecular weight is 402 g/mol. The number of benzene rings is 2. The van der Waals surface area contributed by atoms with Crippen LogP contribution in [0.1, 0.15) is 11.4 Å². The molecule has 1 fully saturated rings. The van der Waals surface area contributed by atoms with Gasteiger partial charge in [0.05, 0.1) is 16.7 Å². The smallest absolute Gasteiger partial charge is 0.197 e. The number of nitrogens with zero attached hydrogens (tertiary/aromatic N) is 6. The Labute approximate surface area is 174 Å². The molecule has 0 radical (unpaired) electrons. The molecular weight excluding hydrogens is 379 g/mol. The van der Waals surface area contributed by atoms with Crippen molar-refractivity contribution < 1.29 is 4.39 Å². The van der Waals surface area contributed by atoms with Crippen LogP contribution in [0.5, 0.6) is 0 Å². The summed E-state index contributed by atoms with van der Waals surface area (Å²) in [5.74, 6) is 1.39. The third-order valence-corrected chi connectivity index (χ3v) is 5.52. The van der Waals surface area contributed by atoms with Crippen molar-refractivity contribution in [1.29, 1.82) is 0 Å². The first-order valence-electron chi connectivity index (χ1n) is 10.1. The first kappa shape index (κ1) is 18.5. The van der Waals surface area contributed by atoms with E-state index in [-0.39, 0.29) is 5.82 Å². The van der Waals surface area contributed by atoms with Crippen LogP contribution in [0.25, 0.3) is 16.9 Å². The fraction of sp³-hybridized carbons (Fsp3) is 0.261. The Bertz CT molecular complexity index is 1190. The maximum Gasteiger partial charge on any atom is 0.197 e. The number of aromatic nitrogens is 4. The summed E-state index contributed by atoms with van der Waals surface area (Å²) in [6, 6.07) is 16.7. The number of rotatable bonds is 3. The lowest BCUT2D eigenvalue weighted by molar-refractivity contribution is 0.623. The topological polar surface area (TPSA) is 50.1 Å². The van der Waals surface area contributed by atoms with Gasteiger partial charge in [-0.1, -0.05) is 12.1 Å². The highest BCUT2D eigenvalue weighted by Gasteiger charge is 2.24. The second kappa shape index (κ2) is 7.40. The second-order valence-corrected chi connectivity index (χ2v) is 7.65. The quantitative estimate of drug-likeness (QED) is 0.520. The molecule has 0 bridgehead atoms. The van der Waals surface area contributed by atoms with Crippen LogP contribution in [0.3, 0.4) is 0 Å². The molecule has 4 aromatic rings. The molecular formula is C23H23FN6. The number of hydrogen-bond donors (Lipinski definition) is 0. The summed E-state index contributed by atoms with van der Waals surface area (Å²) in [7, 11) is 0. The molecule has 2 aromatic heterocycles. The molecule has 0 unspecified atom stereocenters. The summed E-state index contributed by atoms with van der Waals surface area (Å²) in [5, 5.41) is 4.66. The minimum Gasteiger partial charge on any atom is -0.368 e. The van der Waals surface area contributed by atoms with Crippen molar-refractivity contribution in [2.45, 2.75) is 13.8 Å². The van der Waals surface area contributed by atoms with Crippen molar-refractivity contribution in [1.82, 2.24) is 19.7 Å². The van der Waals surface area contributed by atoms with Crippen molar-refractivity contribution in [2.75, 3.05) is 36.0 Å². The van der Waals surface area contributed by atoms with Crippen molar-refractivity contribution >= 4 is 22.5 Å². The van der Waals surface area contributed by atoms with Gasteiger partial charge in [0.2, 0.25) is 0 Å². The second-order valence-electron chi connectivity index (χ2n) is 7.65. The fourth-order valence-corrected chi connectivity index (χ4v) is 4.01. The lowest BCUT2D eigenvalue weighted by Crippen LogP contribution is -2.47. The highest BCUT2D eigenvalue weighted by atomic mass is 19.1. The van der Waals surface area contributed by atoms with Crippen LogP contribution in [0, 0.1) is 19.7 Å². The van der Waals surface area contributed by atoms with E-state index in [9.17, 15) is 4.39 Å². The van der Waals surface area contributed by atoms with E-state index < -0.39 is 0 Å². The Balaban J connectivity index is 1.50. The van der Waals surface area contributed by atoms with E-state index in [0.29, 0.717) is 0 Å². The Morgan fingerprint density at radius 1 is 0.767 bits per heavy atom. The molecule has 1 aliphatic heterocycles. The summed E-state index contributed by atoms with van der Waals surface area (Å²) < 4.78 is 15.1. The number of halogens is 1. The molecule has 0 aliphatic carbocycles. The van der Waals surface area contributed by atoms with Gasteiger partial charge in [-0.25, -0.2) is 19.0 Å². The summed E-state index contributed by atoms with van der Waals surface area (Å²) in [6.45, 7) is 7.28. The highest BCUT2D eigenvalue weighted by Crippen LogP contribution is 2.27. The van der Waals surface area contributed by atoms with Crippen LogP contribution in [-0.2, 0) is 0 Å². The first-order valence-corrected chi connectivity index (χ1v) is 10.1. The van der Waals surface area contributed by atoms with Crippen LogP contribution < -0.4 is 9.80 Å². The zero-order chi connectivity index (χ0) is 20.7. The van der Waals surface area contributed by atoms with Gasteiger partial charge in [-0.15, -0.1) is 0 Å². The van der Waals surface area contributed by atoms with Gasteiger partial charge in [-0.2, -0.15) is 5.10 Å². The molecule has 3 heterocycles. The maximum atomic E-state index is 13.3. The summed E-state index contributed by atoms with van der Waals surface area (Å²) >= 11 is 0. The minimum atomic E-state index is -0.210. The largest absolute Gasteiger partial charge is 0.368 e. The average Bonchev–Trinajstić information content (AvgIpc) is 3.11. The van der Waals surface area contributed by atoms with Crippen molar-refractivity contribution in [3.8, 4) is 5.82 Å². The van der Waals surface area contributed by atoms with Gasteiger partial charge in [0.25, 0.3) is 0 Å². The Morgan fingerprint density at radius 3 is 1.97 bits per heavy atom. The normalized spacial score (nSPS) is 14.5. The summed E-state index contributed by atoms with van der Waals surface area (Å²) in [4.78, 5) is 14.4. The van der Waals surface area contributed by atoms with Gasteiger partial charge in [-0.05, 0) is 56.3 Å². The fourth-order valence-electron chi connectivity index (χ4n) is 4.01. The van der Waals surface area contributed by atoms with Gasteiger partial charge in [0.1, 0.15) is 5.82 Å². The van der Waals surface area contributed by atoms with Crippen LogP contribution >= 0.6 is 0 Å². The monoisotopic (exact) mass is 402 g/mol. The van der Waals surface area contributed by atoms with Crippen LogP contribution in [0.15, 0.2) is 54.6 Å². The van der Waals surface area contributed by atoms with E-state index in [2.05, 4.69) is 14.9 Å². The molecule has 0 saturated carbocycles. The lowest BCUT2D eigenvalue weighted by Gasteiger charge is -2.37. The third kappa shape index (κ3) is 3.36. The van der Waals surface area contributed by atoms with E-state index in [1.807, 2.05) is 61.0 Å². The van der Waals surface area contributed by atoms with E-state index >= 15 is 0 Å². The number of piperazine rings is 1. The Kier molecular flexibility index (Phi) is 4.58. The van der Waals surface area contributed by atoms with Gasteiger partial charge in [-0.3, -0.25) is 0 Å². The van der Waals surface area contributed by atoms with Crippen molar-refractivity contribution in [2.24, 2.45) is 0 Å². The number of aryl methyl sites for hydroxylation is 2. The molecule has 5 rings (SSSR count). The predicted octanol–water partition coefficient (Wildman–Crippen LogP) is 3.90. The highest BCUT2D eigenvalue weighted by molar-refractivity contribution is 5.78. The summed E-state index contributed by atoms with van der Waals surface area (Å²) in [5.41, 5.74) is 4.75. The molecule has 0 N–H and O–H groups in total. The number of para-hydroxylation sites is 2. The van der Waals surface area contributed by atoms with E-state index in [1.165, 1.54) is 12.1 Å². The van der Waals surface area contributed by atoms with E-state index in [0.717, 1.165) is 65.9 Å². The molecule has 1 aliphatic rings. The van der Waals surface area contributed by atoms with Crippen LogP contribution in [0.2, 0.25) is 0 Å². The van der Waals surface area contributed by atoms with Crippen molar-refractivity contribution in [3.63, 3.8) is 0 Å². The third-order valence-electron chi connectivity index (χ3n) is 5.52. The minimum absolute atomic E-state index is 0.210.